The topological polar surface area (TPSA) is 153 Å². The number of benzene rings is 4. The van der Waals surface area contributed by atoms with Crippen molar-refractivity contribution in [2.75, 3.05) is 13.2 Å². The van der Waals surface area contributed by atoms with Gasteiger partial charge in [-0.05, 0) is 159 Å². The average Bonchev–Trinajstić information content (AvgIpc) is 1.49. The van der Waals surface area contributed by atoms with Crippen LogP contribution in [0.15, 0.2) is 85.5 Å². The van der Waals surface area contributed by atoms with Gasteiger partial charge in [-0.15, -0.1) is 0 Å². The van der Waals surface area contributed by atoms with Crippen LogP contribution in [0, 0.1) is 0 Å². The van der Waals surface area contributed by atoms with Gasteiger partial charge in [-0.3, -0.25) is 9.97 Å². The third kappa shape index (κ3) is 16.5. The largest absolute Gasteiger partial charge is 0.492 e. The molecule has 98 heavy (non-hydrogen) atoms. The number of hydrogen-bond donors (Lipinski definition) is 2. The Morgan fingerprint density at radius 3 is 0.786 bits per heavy atom. The lowest BCUT2D eigenvalue weighted by atomic mass is 9.90. The van der Waals surface area contributed by atoms with E-state index in [-0.39, 0.29) is 0 Å². The minimum absolute atomic E-state index is 0.478. The summed E-state index contributed by atoms with van der Waals surface area (Å²) >= 11 is 0. The van der Waals surface area contributed by atoms with Crippen molar-refractivity contribution in [2.24, 2.45) is 0 Å². The van der Waals surface area contributed by atoms with E-state index in [4.69, 9.17) is 39.4 Å². The fourth-order valence-corrected chi connectivity index (χ4v) is 15.0. The first-order chi connectivity index (χ1) is 48.4. The molecule has 7 heterocycles. The van der Waals surface area contributed by atoms with Gasteiger partial charge in [-0.1, -0.05) is 220 Å². The van der Waals surface area contributed by atoms with Gasteiger partial charge in [0.05, 0.1) is 24.0 Å². The Morgan fingerprint density at radius 2 is 0.510 bits per heavy atom. The second-order valence-corrected chi connectivity index (χ2v) is 27.9. The molecule has 9 aromatic rings. The van der Waals surface area contributed by atoms with Crippen LogP contribution in [-0.4, -0.2) is 63.1 Å². The number of H-pyrrole nitrogens is 2. The summed E-state index contributed by atoms with van der Waals surface area (Å²) in [6.45, 7) is 19.2. The van der Waals surface area contributed by atoms with E-state index in [9.17, 15) is 0 Å². The second kappa shape index (κ2) is 36.3. The number of fused-ring (bicyclic) bond motifs is 20. The van der Waals surface area contributed by atoms with E-state index >= 15 is 0 Å². The van der Waals surface area contributed by atoms with Crippen LogP contribution >= 0.6 is 0 Å². The standard InChI is InChI=1S/C86H112N10O2/c1-9-17-25-31-37-59-43-44-60(38-32-26-18-10-2)70-69(59)79-89-80(70)91-82-72-62(40-34-28-20-12-4)46-48-64(42-36-30-22-14-6)74(72)84(93-82)95-86-76-75(77(97-57-23-15-7)67(65-49-53-87-54-50-65)68(66-51-55-88-56-52-66)78(76)98-58-24-16-8)85(96-86)94-83-73-63(41-35-29-21-13-5)47-45-61(39-33-27-19-11-3)71(73)81(90-79)92-83/h43-56H,9-42,57-58H2,1-8H3,(H2,89,90,91,92,93,94,95,96). The number of pyridine rings is 2. The van der Waals surface area contributed by atoms with E-state index in [1.807, 2.05) is 24.8 Å². The molecule has 12 heteroatoms. The van der Waals surface area contributed by atoms with Gasteiger partial charge in [-0.2, -0.15) is 0 Å². The zero-order valence-corrected chi connectivity index (χ0v) is 60.9. The molecule has 4 aromatic carbocycles. The highest BCUT2D eigenvalue weighted by Gasteiger charge is 2.33. The number of hydrogen-bond acceptors (Lipinski definition) is 10. The van der Waals surface area contributed by atoms with Gasteiger partial charge in [0.1, 0.15) is 34.1 Å². The molecule has 8 bridgehead atoms. The first-order valence-electron chi connectivity index (χ1n) is 38.9. The Morgan fingerprint density at radius 1 is 0.255 bits per heavy atom. The lowest BCUT2D eigenvalue weighted by molar-refractivity contribution is 0.308. The average molecular weight is 1320 g/mol. The highest BCUT2D eigenvalue weighted by Crippen LogP contribution is 2.54. The van der Waals surface area contributed by atoms with E-state index in [1.54, 1.807) is 0 Å². The predicted octanol–water partition coefficient (Wildman–Crippen LogP) is 24.1. The number of aromatic nitrogens is 10. The van der Waals surface area contributed by atoms with Crippen LogP contribution in [0.3, 0.4) is 0 Å². The predicted molar refractivity (Wildman–Crippen MR) is 410 cm³/mol. The Kier molecular flexibility index (Phi) is 26.4. The van der Waals surface area contributed by atoms with Gasteiger partial charge in [0.2, 0.25) is 0 Å². The van der Waals surface area contributed by atoms with Crippen molar-refractivity contribution in [3.8, 4) is 79.3 Å². The summed E-state index contributed by atoms with van der Waals surface area (Å²) in [5.74, 6) is 4.05. The van der Waals surface area contributed by atoms with Crippen molar-refractivity contribution in [3.63, 3.8) is 0 Å². The molecule has 12 nitrogen and oxygen atoms in total. The van der Waals surface area contributed by atoms with Crippen LogP contribution in [0.2, 0.25) is 0 Å². The molecule has 2 aliphatic rings. The number of nitrogens with zero attached hydrogens (tertiary/aromatic N) is 8. The molecule has 518 valence electrons. The molecule has 2 aliphatic heterocycles. The lowest BCUT2D eigenvalue weighted by Crippen LogP contribution is -2.05. The highest BCUT2D eigenvalue weighted by atomic mass is 16.5. The van der Waals surface area contributed by atoms with Crippen LogP contribution in [0.1, 0.15) is 269 Å². The Bertz CT molecular complexity index is 3980. The zero-order valence-electron chi connectivity index (χ0n) is 60.9. The molecule has 11 rings (SSSR count). The van der Waals surface area contributed by atoms with Crippen molar-refractivity contribution < 1.29 is 9.47 Å². The summed E-state index contributed by atoms with van der Waals surface area (Å²) in [5, 5.41) is 3.88. The van der Waals surface area contributed by atoms with E-state index in [0.29, 0.717) is 59.3 Å². The Hall–Kier alpha value is -7.86. The number of aryl methyl sites for hydroxylation is 6. The monoisotopic (exact) mass is 1320 g/mol. The van der Waals surface area contributed by atoms with Gasteiger partial charge in [-0.25, -0.2) is 29.9 Å². The van der Waals surface area contributed by atoms with Crippen LogP contribution in [-0.2, 0) is 38.5 Å². The van der Waals surface area contributed by atoms with Crippen LogP contribution in [0.25, 0.3) is 112 Å². The van der Waals surface area contributed by atoms with Crippen molar-refractivity contribution >= 4 is 44.1 Å². The molecule has 0 atom stereocenters. The minimum atomic E-state index is 0.478. The van der Waals surface area contributed by atoms with E-state index in [2.05, 4.69) is 136 Å². The molecule has 0 amide bonds. The van der Waals surface area contributed by atoms with Crippen molar-refractivity contribution in [3.05, 3.63) is 119 Å². The number of ether oxygens (including phenoxy) is 2. The fraction of sp³-hybridized carbons (Fsp3) is 0.512. The lowest BCUT2D eigenvalue weighted by Gasteiger charge is -2.22. The van der Waals surface area contributed by atoms with Crippen molar-refractivity contribution in [2.45, 2.75) is 274 Å². The molecule has 5 aromatic heterocycles. The van der Waals surface area contributed by atoms with E-state index < -0.39 is 0 Å². The zero-order chi connectivity index (χ0) is 68.0. The van der Waals surface area contributed by atoms with Gasteiger partial charge < -0.3 is 19.4 Å². The maximum atomic E-state index is 7.47. The number of aromatic amines is 2. The molecule has 0 saturated carbocycles. The fourth-order valence-electron chi connectivity index (χ4n) is 15.0. The summed E-state index contributed by atoms with van der Waals surface area (Å²) in [6, 6.07) is 22.8. The van der Waals surface area contributed by atoms with Gasteiger partial charge in [0, 0.05) is 68.9 Å². The Balaban J connectivity index is 1.39. The number of unbranched alkanes of at least 4 members (excludes halogenated alkanes) is 20. The van der Waals surface area contributed by atoms with Crippen LogP contribution in [0.5, 0.6) is 11.5 Å². The normalized spacial score (nSPS) is 11.9. The first-order valence-corrected chi connectivity index (χ1v) is 38.9. The van der Waals surface area contributed by atoms with Crippen LogP contribution in [0.4, 0.5) is 0 Å². The second-order valence-electron chi connectivity index (χ2n) is 27.9. The number of rotatable bonds is 40. The summed E-state index contributed by atoms with van der Waals surface area (Å²) in [7, 11) is 0. The maximum absolute atomic E-state index is 7.47. The van der Waals surface area contributed by atoms with E-state index in [0.717, 1.165) is 219 Å². The van der Waals surface area contributed by atoms with E-state index in [1.165, 1.54) is 110 Å². The molecule has 0 radical (unpaired) electrons. The molecule has 0 unspecified atom stereocenters. The van der Waals surface area contributed by atoms with Gasteiger partial charge in [0.25, 0.3) is 0 Å². The first kappa shape index (κ1) is 71.4. The third-order valence-corrected chi connectivity index (χ3v) is 20.4. The molecule has 0 aliphatic carbocycles. The Labute approximate surface area is 585 Å². The molecule has 2 N–H and O–H groups in total. The quantitative estimate of drug-likeness (QED) is 0.0355. The summed E-state index contributed by atoms with van der Waals surface area (Å²) in [4.78, 5) is 53.2. The smallest absolute Gasteiger partial charge is 0.165 e. The summed E-state index contributed by atoms with van der Waals surface area (Å²) in [6.07, 6.45) is 44.2. The SMILES string of the molecule is CCCCCCc1ccc(CCCCCC)c2c1-c1nc-2nc2[nH]c(nc3nc(nc4[nH]c(n1)c1c(CCCCCC)ccc(CCCCCC)c41)-c1c(CCCCCC)ccc(CCCCCC)c1-3)c1c(OCCCC)c(-c3ccncc3)c(-c3ccncc3)c(OCCCC)c21. The van der Waals surface area contributed by atoms with Gasteiger partial charge >= 0.3 is 0 Å². The highest BCUT2D eigenvalue weighted by molar-refractivity contribution is 6.19. The molecular formula is C86H112N10O2. The molecule has 0 saturated heterocycles. The van der Waals surface area contributed by atoms with Crippen LogP contribution < -0.4 is 9.47 Å². The number of nitrogens with one attached hydrogen (secondary N) is 2. The summed E-state index contributed by atoms with van der Waals surface area (Å²) < 4.78 is 14.9. The molecular weight excluding hydrogens is 1210 g/mol. The van der Waals surface area contributed by atoms with Gasteiger partial charge in [0.15, 0.2) is 23.3 Å². The third-order valence-electron chi connectivity index (χ3n) is 20.4. The minimum Gasteiger partial charge on any atom is -0.492 e. The molecule has 0 spiro atoms. The van der Waals surface area contributed by atoms with Crippen molar-refractivity contribution in [1.82, 2.24) is 49.8 Å². The maximum Gasteiger partial charge on any atom is 0.165 e. The van der Waals surface area contributed by atoms with Crippen molar-refractivity contribution in [1.29, 1.82) is 0 Å². The molecule has 0 fully saturated rings. The summed E-state index contributed by atoms with van der Waals surface area (Å²) in [5.41, 5.74) is 18.4.